The van der Waals surface area contributed by atoms with Gasteiger partial charge < -0.3 is 5.73 Å². The fourth-order valence-corrected chi connectivity index (χ4v) is 3.81. The predicted molar refractivity (Wildman–Crippen MR) is 77.4 cm³/mol. The van der Waals surface area contributed by atoms with E-state index in [1.165, 1.54) is 43.2 Å². The fraction of sp³-hybridized carbons (Fsp3) is 0.600. The lowest BCUT2D eigenvalue weighted by atomic mass is 10.0. The molecule has 0 spiro atoms. The van der Waals surface area contributed by atoms with Gasteiger partial charge in [-0.25, -0.2) is 0 Å². The molecule has 2 N–H and O–H groups in total. The maximum atomic E-state index is 6.26. The molecule has 1 aromatic carbocycles. The minimum atomic E-state index is 0.196. The number of aryl methyl sites for hydroxylation is 1. The molecule has 0 aliphatic heterocycles. The highest BCUT2D eigenvalue weighted by molar-refractivity contribution is 7.99. The first-order chi connectivity index (χ1) is 8.25. The lowest BCUT2D eigenvalue weighted by Gasteiger charge is -2.22. The average Bonchev–Trinajstić information content (AvgIpc) is 2.37. The highest BCUT2D eigenvalue weighted by atomic mass is 32.2. The molecule has 1 atom stereocenters. The summed E-state index contributed by atoms with van der Waals surface area (Å²) in [5.41, 5.74) is 8.85. The second-order valence-electron chi connectivity index (χ2n) is 5.11. The molecule has 94 valence electrons. The monoisotopic (exact) mass is 249 g/mol. The summed E-state index contributed by atoms with van der Waals surface area (Å²) in [5.74, 6) is 1.06. The van der Waals surface area contributed by atoms with Crippen LogP contribution in [0.3, 0.4) is 0 Å². The molecule has 0 radical (unpaired) electrons. The normalized spacial score (nSPS) is 19.2. The maximum absolute atomic E-state index is 6.26. The van der Waals surface area contributed by atoms with Crippen molar-refractivity contribution in [1.29, 1.82) is 0 Å². The third-order valence-corrected chi connectivity index (χ3v) is 5.03. The van der Waals surface area contributed by atoms with Crippen molar-refractivity contribution in [2.75, 3.05) is 5.75 Å². The number of benzene rings is 1. The van der Waals surface area contributed by atoms with E-state index in [1.54, 1.807) is 0 Å². The Labute approximate surface area is 109 Å². The summed E-state index contributed by atoms with van der Waals surface area (Å²) in [7, 11) is 0. The van der Waals surface area contributed by atoms with Crippen molar-refractivity contribution in [3.63, 3.8) is 0 Å². The molecule has 0 aromatic heterocycles. The quantitative estimate of drug-likeness (QED) is 0.871. The average molecular weight is 249 g/mol. The molecule has 1 aliphatic carbocycles. The Balaban J connectivity index is 1.82. The summed E-state index contributed by atoms with van der Waals surface area (Å²) >= 11 is 2.08. The van der Waals surface area contributed by atoms with Gasteiger partial charge in [0.15, 0.2) is 0 Å². The minimum absolute atomic E-state index is 0.196. The Morgan fingerprint density at radius 1 is 1.29 bits per heavy atom. The number of thioether (sulfide) groups is 1. The maximum Gasteiger partial charge on any atom is 0.0386 e. The first-order valence-corrected chi connectivity index (χ1v) is 7.74. The molecule has 17 heavy (non-hydrogen) atoms. The van der Waals surface area contributed by atoms with Crippen LogP contribution in [0, 0.1) is 6.92 Å². The van der Waals surface area contributed by atoms with Gasteiger partial charge in [0.1, 0.15) is 0 Å². The third-order valence-electron chi connectivity index (χ3n) is 3.53. The van der Waals surface area contributed by atoms with Gasteiger partial charge in [0, 0.05) is 17.0 Å². The van der Waals surface area contributed by atoms with E-state index in [1.807, 2.05) is 0 Å². The van der Waals surface area contributed by atoms with E-state index in [2.05, 4.69) is 43.0 Å². The van der Waals surface area contributed by atoms with Gasteiger partial charge >= 0.3 is 0 Å². The smallest absolute Gasteiger partial charge is 0.0386 e. The van der Waals surface area contributed by atoms with E-state index >= 15 is 0 Å². The predicted octanol–water partition coefficient (Wildman–Crippen LogP) is 4.06. The van der Waals surface area contributed by atoms with E-state index in [9.17, 15) is 0 Å². The summed E-state index contributed by atoms with van der Waals surface area (Å²) in [4.78, 5) is 0. The first kappa shape index (κ1) is 13.0. The first-order valence-electron chi connectivity index (χ1n) is 6.69. The molecule has 1 aliphatic rings. The zero-order chi connectivity index (χ0) is 12.1. The Bertz CT molecular complexity index is 345. The topological polar surface area (TPSA) is 26.0 Å². The lowest BCUT2D eigenvalue weighted by Crippen LogP contribution is -2.17. The Morgan fingerprint density at radius 2 is 2.06 bits per heavy atom. The van der Waals surface area contributed by atoms with Crippen LogP contribution in [0.2, 0.25) is 0 Å². The molecular formula is C15H23NS. The molecular weight excluding hydrogens is 226 g/mol. The van der Waals surface area contributed by atoms with Gasteiger partial charge in [0.25, 0.3) is 0 Å². The minimum Gasteiger partial charge on any atom is -0.323 e. The highest BCUT2D eigenvalue weighted by Crippen LogP contribution is 2.30. The molecule has 1 saturated carbocycles. The van der Waals surface area contributed by atoms with Crippen LogP contribution in [0.5, 0.6) is 0 Å². The van der Waals surface area contributed by atoms with Crippen molar-refractivity contribution in [3.05, 3.63) is 35.4 Å². The van der Waals surface area contributed by atoms with E-state index in [-0.39, 0.29) is 6.04 Å². The molecule has 0 saturated heterocycles. The second kappa shape index (κ2) is 6.46. The van der Waals surface area contributed by atoms with Gasteiger partial charge in [-0.05, 0) is 25.3 Å². The van der Waals surface area contributed by atoms with E-state index < -0.39 is 0 Å². The van der Waals surface area contributed by atoms with Gasteiger partial charge in [-0.15, -0.1) is 0 Å². The molecule has 2 rings (SSSR count). The zero-order valence-electron chi connectivity index (χ0n) is 10.7. The van der Waals surface area contributed by atoms with Crippen LogP contribution in [0.25, 0.3) is 0 Å². The van der Waals surface area contributed by atoms with E-state index in [0.29, 0.717) is 0 Å². The molecule has 1 nitrogen and oxygen atoms in total. The summed E-state index contributed by atoms with van der Waals surface area (Å²) in [6, 6.07) is 8.80. The van der Waals surface area contributed by atoms with Crippen molar-refractivity contribution >= 4 is 11.8 Å². The van der Waals surface area contributed by atoms with Crippen LogP contribution >= 0.6 is 11.8 Å². The molecule has 0 heterocycles. The SMILES string of the molecule is Cc1cccc(C(N)CSC2CCCCC2)c1. The third kappa shape index (κ3) is 4.04. The summed E-state index contributed by atoms with van der Waals surface area (Å²) in [5, 5.41) is 0.861. The van der Waals surface area contributed by atoms with Crippen LogP contribution in [0.15, 0.2) is 24.3 Å². The van der Waals surface area contributed by atoms with E-state index in [4.69, 9.17) is 5.73 Å². The Kier molecular flexibility index (Phi) is 4.93. The van der Waals surface area contributed by atoms with Gasteiger partial charge in [-0.1, -0.05) is 49.1 Å². The van der Waals surface area contributed by atoms with Crippen molar-refractivity contribution in [1.82, 2.24) is 0 Å². The van der Waals surface area contributed by atoms with Gasteiger partial charge in [-0.2, -0.15) is 11.8 Å². The van der Waals surface area contributed by atoms with Crippen molar-refractivity contribution in [2.45, 2.75) is 50.3 Å². The Morgan fingerprint density at radius 3 is 2.76 bits per heavy atom. The van der Waals surface area contributed by atoms with Gasteiger partial charge in [0.2, 0.25) is 0 Å². The van der Waals surface area contributed by atoms with Crippen molar-refractivity contribution in [3.8, 4) is 0 Å². The van der Waals surface area contributed by atoms with Gasteiger partial charge in [0.05, 0.1) is 0 Å². The molecule has 1 unspecified atom stereocenters. The van der Waals surface area contributed by atoms with Crippen LogP contribution in [0.4, 0.5) is 0 Å². The summed E-state index contributed by atoms with van der Waals surface area (Å²) in [6.07, 6.45) is 7.05. The molecule has 2 heteroatoms. The number of hydrogen-bond acceptors (Lipinski definition) is 2. The second-order valence-corrected chi connectivity index (χ2v) is 6.45. The van der Waals surface area contributed by atoms with Crippen LogP contribution < -0.4 is 5.73 Å². The summed E-state index contributed by atoms with van der Waals surface area (Å²) < 4.78 is 0. The molecule has 0 amide bonds. The fourth-order valence-electron chi connectivity index (χ4n) is 2.47. The highest BCUT2D eigenvalue weighted by Gasteiger charge is 2.15. The lowest BCUT2D eigenvalue weighted by molar-refractivity contribution is 0.515. The Hall–Kier alpha value is -0.470. The number of hydrogen-bond donors (Lipinski definition) is 1. The van der Waals surface area contributed by atoms with Crippen molar-refractivity contribution < 1.29 is 0 Å². The van der Waals surface area contributed by atoms with Crippen LogP contribution in [-0.2, 0) is 0 Å². The largest absolute Gasteiger partial charge is 0.323 e. The standard InChI is InChI=1S/C15H23NS/c1-12-6-5-7-13(10-12)15(16)11-17-14-8-3-2-4-9-14/h5-7,10,14-15H,2-4,8-9,11,16H2,1H3. The van der Waals surface area contributed by atoms with Gasteiger partial charge in [-0.3, -0.25) is 0 Å². The van der Waals surface area contributed by atoms with E-state index in [0.717, 1.165) is 11.0 Å². The molecule has 0 bridgehead atoms. The summed E-state index contributed by atoms with van der Waals surface area (Å²) in [6.45, 7) is 2.13. The van der Waals surface area contributed by atoms with Crippen LogP contribution in [0.1, 0.15) is 49.3 Å². The van der Waals surface area contributed by atoms with Crippen LogP contribution in [-0.4, -0.2) is 11.0 Å². The number of rotatable bonds is 4. The van der Waals surface area contributed by atoms with Crippen molar-refractivity contribution in [2.24, 2.45) is 5.73 Å². The zero-order valence-corrected chi connectivity index (χ0v) is 11.5. The molecule has 1 fully saturated rings. The molecule has 1 aromatic rings. The number of nitrogens with two attached hydrogens (primary N) is 1.